The van der Waals surface area contributed by atoms with Gasteiger partial charge in [0.2, 0.25) is 0 Å². The highest BCUT2D eigenvalue weighted by molar-refractivity contribution is 7.20. The Labute approximate surface area is 274 Å². The predicted octanol–water partition coefficient (Wildman–Crippen LogP) is 7.81. The molecular weight excluding hydrogens is 589 g/mol. The molecule has 220 valence electrons. The number of nitriles is 1. The van der Waals surface area contributed by atoms with Crippen molar-refractivity contribution in [2.24, 2.45) is 0 Å². The summed E-state index contributed by atoms with van der Waals surface area (Å²) in [7, 11) is -2.74. The van der Waals surface area contributed by atoms with E-state index in [9.17, 15) is 5.26 Å². The van der Waals surface area contributed by atoms with Gasteiger partial charge < -0.3 is 9.30 Å². The minimum atomic E-state index is -2.74. The van der Waals surface area contributed by atoms with Gasteiger partial charge in [0, 0.05) is 22.0 Å². The topological polar surface area (TPSA) is 38.0 Å². The molecule has 0 unspecified atom stereocenters. The average molecular weight is 617 g/mol. The number of nitrogens with zero attached hydrogens (tertiary/aromatic N) is 2. The summed E-state index contributed by atoms with van der Waals surface area (Å²) < 4.78 is 9.21. The first-order valence-corrected chi connectivity index (χ1v) is 17.8. The molecule has 1 aliphatic heterocycles. The molecule has 1 aromatic heterocycles. The van der Waals surface area contributed by atoms with E-state index < -0.39 is 8.07 Å². The summed E-state index contributed by atoms with van der Waals surface area (Å²) >= 11 is 0. The van der Waals surface area contributed by atoms with Crippen LogP contribution >= 0.6 is 0 Å². The summed E-state index contributed by atoms with van der Waals surface area (Å²) in [6, 6.07) is 62.6. The van der Waals surface area contributed by atoms with E-state index in [0.29, 0.717) is 5.56 Å². The highest BCUT2D eigenvalue weighted by Gasteiger charge is 2.48. The zero-order valence-corrected chi connectivity index (χ0v) is 26.5. The number of ether oxygens (including phenoxy) is 1. The third-order valence-corrected chi connectivity index (χ3v) is 14.4. The molecule has 0 aliphatic carbocycles. The molecule has 8 aromatic rings. The van der Waals surface area contributed by atoms with Crippen LogP contribution in [0.25, 0.3) is 38.6 Å². The van der Waals surface area contributed by atoms with Gasteiger partial charge in [0.25, 0.3) is 0 Å². The lowest BCUT2D eigenvalue weighted by Crippen LogP contribution is -2.76. The molecule has 2 heterocycles. The first kappa shape index (κ1) is 27.2. The van der Waals surface area contributed by atoms with Crippen LogP contribution in [0.3, 0.4) is 0 Å². The smallest absolute Gasteiger partial charge is 0.188 e. The SMILES string of the molecule is N#Cc1cccc(-n2c3ccccc3c3cc(-c4cccc5c4Oc4ccccc4[Si]5(c4ccccc4)c4ccccc4)ccc32)c1. The lowest BCUT2D eigenvalue weighted by Gasteiger charge is -2.40. The minimum Gasteiger partial charge on any atom is -0.457 e. The van der Waals surface area contributed by atoms with E-state index in [2.05, 4.69) is 162 Å². The van der Waals surface area contributed by atoms with E-state index in [1.807, 2.05) is 18.2 Å². The molecule has 0 bridgehead atoms. The van der Waals surface area contributed by atoms with E-state index >= 15 is 0 Å². The van der Waals surface area contributed by atoms with Crippen LogP contribution in [0, 0.1) is 11.3 Å². The molecule has 1 aliphatic rings. The molecular formula is C43H28N2OSi. The lowest BCUT2D eigenvalue weighted by atomic mass is 10.0. The first-order valence-electron chi connectivity index (χ1n) is 15.8. The molecule has 0 fully saturated rings. The lowest BCUT2D eigenvalue weighted by molar-refractivity contribution is 0.489. The summed E-state index contributed by atoms with van der Waals surface area (Å²) in [5, 5.41) is 17.1. The Morgan fingerprint density at radius 3 is 1.98 bits per heavy atom. The first-order chi connectivity index (χ1) is 23.3. The third kappa shape index (κ3) is 4.04. The number of fused-ring (bicyclic) bond motifs is 5. The number of para-hydroxylation sites is 3. The molecule has 0 saturated heterocycles. The Bertz CT molecular complexity index is 2470. The van der Waals surface area contributed by atoms with Crippen LogP contribution in [-0.2, 0) is 0 Å². The normalized spacial score (nSPS) is 13.0. The van der Waals surface area contributed by atoms with Crippen LogP contribution in [0.4, 0.5) is 0 Å². The summed E-state index contributed by atoms with van der Waals surface area (Å²) in [5.74, 6) is 1.84. The van der Waals surface area contributed by atoms with Crippen LogP contribution in [-0.4, -0.2) is 12.6 Å². The van der Waals surface area contributed by atoms with E-state index in [4.69, 9.17) is 4.74 Å². The van der Waals surface area contributed by atoms with Gasteiger partial charge in [-0.15, -0.1) is 0 Å². The summed E-state index contributed by atoms with van der Waals surface area (Å²) in [6.45, 7) is 0. The van der Waals surface area contributed by atoms with Crippen molar-refractivity contribution in [1.82, 2.24) is 4.57 Å². The Morgan fingerprint density at radius 2 is 1.19 bits per heavy atom. The highest BCUT2D eigenvalue weighted by atomic mass is 28.3. The van der Waals surface area contributed by atoms with Crippen LogP contribution in [0.15, 0.2) is 170 Å². The fourth-order valence-corrected chi connectivity index (χ4v) is 12.6. The Kier molecular flexibility index (Phi) is 6.21. The minimum absolute atomic E-state index is 0.642. The maximum Gasteiger partial charge on any atom is 0.188 e. The van der Waals surface area contributed by atoms with Gasteiger partial charge in [-0.1, -0.05) is 127 Å². The van der Waals surface area contributed by atoms with Gasteiger partial charge in [-0.25, -0.2) is 0 Å². The summed E-state index contributed by atoms with van der Waals surface area (Å²) in [6.07, 6.45) is 0. The molecule has 4 heteroatoms. The maximum atomic E-state index is 9.62. The Hall–Kier alpha value is -6.15. The highest BCUT2D eigenvalue weighted by Crippen LogP contribution is 2.40. The molecule has 0 saturated carbocycles. The van der Waals surface area contributed by atoms with Crippen molar-refractivity contribution >= 4 is 50.6 Å². The van der Waals surface area contributed by atoms with E-state index in [-0.39, 0.29) is 0 Å². The van der Waals surface area contributed by atoms with Crippen molar-refractivity contribution in [3.8, 4) is 34.4 Å². The Balaban J connectivity index is 1.32. The second-order valence-electron chi connectivity index (χ2n) is 12.0. The van der Waals surface area contributed by atoms with Gasteiger partial charge in [0.15, 0.2) is 8.07 Å². The second kappa shape index (κ2) is 10.7. The van der Waals surface area contributed by atoms with Crippen LogP contribution in [0.5, 0.6) is 11.5 Å². The summed E-state index contributed by atoms with van der Waals surface area (Å²) in [4.78, 5) is 0. The van der Waals surface area contributed by atoms with Crippen molar-refractivity contribution in [2.45, 2.75) is 0 Å². The molecule has 0 atom stereocenters. The van der Waals surface area contributed by atoms with Crippen molar-refractivity contribution in [3.63, 3.8) is 0 Å². The largest absolute Gasteiger partial charge is 0.457 e. The number of benzene rings is 7. The van der Waals surface area contributed by atoms with Gasteiger partial charge in [-0.3, -0.25) is 0 Å². The molecule has 0 spiro atoms. The third-order valence-electron chi connectivity index (χ3n) is 9.55. The van der Waals surface area contributed by atoms with Gasteiger partial charge in [0.05, 0.1) is 22.7 Å². The monoisotopic (exact) mass is 616 g/mol. The zero-order valence-electron chi connectivity index (χ0n) is 25.5. The van der Waals surface area contributed by atoms with E-state index in [0.717, 1.165) is 44.7 Å². The number of hydrogen-bond acceptors (Lipinski definition) is 2. The molecule has 0 radical (unpaired) electrons. The van der Waals surface area contributed by atoms with Gasteiger partial charge in [-0.05, 0) is 68.8 Å². The van der Waals surface area contributed by atoms with Crippen molar-refractivity contribution < 1.29 is 4.74 Å². The maximum absolute atomic E-state index is 9.62. The van der Waals surface area contributed by atoms with Gasteiger partial charge in [0.1, 0.15) is 11.5 Å². The van der Waals surface area contributed by atoms with Crippen LogP contribution in [0.1, 0.15) is 5.56 Å². The quantitative estimate of drug-likeness (QED) is 0.189. The average Bonchev–Trinajstić information content (AvgIpc) is 3.48. The zero-order chi connectivity index (χ0) is 31.4. The standard InChI is InChI=1S/C43H28N2OSi/c44-29-30-13-11-14-32(27-30)45-38-21-8-7-19-36(38)37-28-31(25-26-39(37)45)35-20-12-24-42-43(35)46-40-22-9-10-23-41(40)47(42,33-15-3-1-4-16-33)34-17-5-2-6-18-34/h1-28H. The number of aromatic nitrogens is 1. The van der Waals surface area contributed by atoms with E-state index in [1.54, 1.807) is 0 Å². The fraction of sp³-hybridized carbons (Fsp3) is 0. The second-order valence-corrected chi connectivity index (χ2v) is 15.7. The van der Waals surface area contributed by atoms with Gasteiger partial charge >= 0.3 is 0 Å². The fourth-order valence-electron chi connectivity index (χ4n) is 7.59. The van der Waals surface area contributed by atoms with Crippen molar-refractivity contribution in [1.29, 1.82) is 5.26 Å². The molecule has 7 aromatic carbocycles. The summed E-state index contributed by atoms with van der Waals surface area (Å²) in [5.41, 5.74) is 6.00. The molecule has 0 amide bonds. The predicted molar refractivity (Wildman–Crippen MR) is 195 cm³/mol. The number of rotatable bonds is 4. The van der Waals surface area contributed by atoms with E-state index in [1.165, 1.54) is 26.1 Å². The molecule has 47 heavy (non-hydrogen) atoms. The van der Waals surface area contributed by atoms with Gasteiger partial charge in [-0.2, -0.15) is 5.26 Å². The molecule has 3 nitrogen and oxygen atoms in total. The Morgan fingerprint density at radius 1 is 0.532 bits per heavy atom. The number of hydrogen-bond donors (Lipinski definition) is 0. The molecule has 0 N–H and O–H groups in total. The van der Waals surface area contributed by atoms with Crippen LogP contribution < -0.4 is 25.5 Å². The molecule has 9 rings (SSSR count). The van der Waals surface area contributed by atoms with Crippen molar-refractivity contribution in [3.05, 3.63) is 175 Å². The van der Waals surface area contributed by atoms with Crippen LogP contribution in [0.2, 0.25) is 0 Å². The van der Waals surface area contributed by atoms with Crippen molar-refractivity contribution in [2.75, 3.05) is 0 Å².